The molecule has 28 heavy (non-hydrogen) atoms. The Labute approximate surface area is 167 Å². The van der Waals surface area contributed by atoms with E-state index in [1.807, 2.05) is 68.4 Å². The van der Waals surface area contributed by atoms with Crippen molar-refractivity contribution in [3.8, 4) is 0 Å². The number of nitrogens with zero attached hydrogens (tertiary/aromatic N) is 2. The summed E-state index contributed by atoms with van der Waals surface area (Å²) in [4.78, 5) is 17.6. The van der Waals surface area contributed by atoms with Crippen LogP contribution in [0.1, 0.15) is 29.3 Å². The lowest BCUT2D eigenvalue weighted by Gasteiger charge is -2.39. The predicted octanol–water partition coefficient (Wildman–Crippen LogP) is 2.93. The first-order valence-corrected chi connectivity index (χ1v) is 9.90. The highest BCUT2D eigenvalue weighted by atomic mass is 16.5. The smallest absolute Gasteiger partial charge is 0.200 e. The zero-order chi connectivity index (χ0) is 20.1. The highest BCUT2D eigenvalue weighted by Crippen LogP contribution is 2.34. The second kappa shape index (κ2) is 8.86. The van der Waals surface area contributed by atoms with E-state index < -0.39 is 5.60 Å². The molecule has 2 atom stereocenters. The number of ketones is 1. The zero-order valence-electron chi connectivity index (χ0n) is 17.0. The molecule has 0 saturated carbocycles. The lowest BCUT2D eigenvalue weighted by Crippen LogP contribution is -2.53. The van der Waals surface area contributed by atoms with E-state index in [0.29, 0.717) is 17.5 Å². The summed E-state index contributed by atoms with van der Waals surface area (Å²) in [5, 5.41) is 11.8. The van der Waals surface area contributed by atoms with Crippen LogP contribution in [0.2, 0.25) is 0 Å². The van der Waals surface area contributed by atoms with Crippen LogP contribution in [-0.2, 0) is 10.3 Å². The predicted molar refractivity (Wildman–Crippen MR) is 112 cm³/mol. The zero-order valence-corrected chi connectivity index (χ0v) is 17.0. The molecule has 2 aromatic rings. The monoisotopic (exact) mass is 382 g/mol. The Morgan fingerprint density at radius 2 is 1.71 bits per heavy atom. The largest absolute Gasteiger partial charge is 0.378 e. The molecule has 1 saturated heterocycles. The van der Waals surface area contributed by atoms with Gasteiger partial charge in [-0.2, -0.15) is 0 Å². The minimum atomic E-state index is -1.62. The SMILES string of the molecule is CCC(N(C)C)C(O)(C(=O)c1ccccc1)c1ccc(N2CCOCC2)cc1. The molecule has 5 heteroatoms. The summed E-state index contributed by atoms with van der Waals surface area (Å²) in [6.07, 6.45) is 0.646. The standard InChI is InChI=1S/C23H30N2O3/c1-4-21(24(2)3)23(27,22(26)18-8-6-5-7-9-18)19-10-12-20(13-11-19)25-14-16-28-17-15-25/h5-13,21,27H,4,14-17H2,1-3H3. The number of likely N-dealkylation sites (N-methyl/N-ethyl adjacent to an activating group) is 1. The molecule has 2 aromatic carbocycles. The van der Waals surface area contributed by atoms with Crippen LogP contribution >= 0.6 is 0 Å². The van der Waals surface area contributed by atoms with Gasteiger partial charge in [-0.25, -0.2) is 0 Å². The Bertz CT molecular complexity index is 770. The van der Waals surface area contributed by atoms with Gasteiger partial charge in [0.1, 0.15) is 0 Å². The lowest BCUT2D eigenvalue weighted by atomic mass is 9.78. The molecule has 150 valence electrons. The van der Waals surface area contributed by atoms with E-state index in [1.165, 1.54) is 0 Å². The maximum Gasteiger partial charge on any atom is 0.200 e. The lowest BCUT2D eigenvalue weighted by molar-refractivity contribution is -0.0202. The van der Waals surface area contributed by atoms with E-state index in [2.05, 4.69) is 4.90 Å². The van der Waals surface area contributed by atoms with Crippen LogP contribution in [0.5, 0.6) is 0 Å². The van der Waals surface area contributed by atoms with Crippen LogP contribution in [0.4, 0.5) is 5.69 Å². The number of hydrogen-bond acceptors (Lipinski definition) is 5. The van der Waals surface area contributed by atoms with Gasteiger partial charge in [-0.1, -0.05) is 49.4 Å². The minimum Gasteiger partial charge on any atom is -0.378 e. The summed E-state index contributed by atoms with van der Waals surface area (Å²) in [6.45, 7) is 5.13. The third-order valence-corrected chi connectivity index (χ3v) is 5.56. The average Bonchev–Trinajstić information content (AvgIpc) is 2.74. The Kier molecular flexibility index (Phi) is 6.50. The molecule has 5 nitrogen and oxygen atoms in total. The fourth-order valence-electron chi connectivity index (χ4n) is 4.07. The van der Waals surface area contributed by atoms with E-state index in [0.717, 1.165) is 32.0 Å². The molecule has 2 unspecified atom stereocenters. The molecule has 1 aliphatic rings. The van der Waals surface area contributed by atoms with Crippen molar-refractivity contribution in [2.24, 2.45) is 0 Å². The molecule has 1 fully saturated rings. The third-order valence-electron chi connectivity index (χ3n) is 5.56. The third kappa shape index (κ3) is 3.97. The van der Waals surface area contributed by atoms with Crippen molar-refractivity contribution in [1.29, 1.82) is 0 Å². The molecule has 0 spiro atoms. The molecule has 1 aliphatic heterocycles. The van der Waals surface area contributed by atoms with Gasteiger partial charge >= 0.3 is 0 Å². The van der Waals surface area contributed by atoms with Gasteiger partial charge < -0.3 is 19.6 Å². The fraction of sp³-hybridized carbons (Fsp3) is 0.435. The van der Waals surface area contributed by atoms with Gasteiger partial charge in [-0.15, -0.1) is 0 Å². The van der Waals surface area contributed by atoms with Gasteiger partial charge in [0.2, 0.25) is 5.78 Å². The second-order valence-corrected chi connectivity index (χ2v) is 7.50. The van der Waals surface area contributed by atoms with Gasteiger partial charge in [0.15, 0.2) is 5.60 Å². The Hall–Kier alpha value is -2.21. The van der Waals surface area contributed by atoms with Gasteiger partial charge in [-0.05, 0) is 38.2 Å². The van der Waals surface area contributed by atoms with Crippen LogP contribution in [0.25, 0.3) is 0 Å². The van der Waals surface area contributed by atoms with Crippen LogP contribution < -0.4 is 4.90 Å². The second-order valence-electron chi connectivity index (χ2n) is 7.50. The molecule has 0 aromatic heterocycles. The van der Waals surface area contributed by atoms with E-state index >= 15 is 0 Å². The molecule has 1 N–H and O–H groups in total. The quantitative estimate of drug-likeness (QED) is 0.746. The maximum atomic E-state index is 13.5. The first kappa shape index (κ1) is 20.5. The molecular formula is C23H30N2O3. The number of Topliss-reactive ketones (excluding diaryl/α,β-unsaturated/α-hetero) is 1. The molecular weight excluding hydrogens is 352 g/mol. The highest BCUT2D eigenvalue weighted by Gasteiger charge is 2.46. The van der Waals surface area contributed by atoms with Crippen molar-refractivity contribution in [3.05, 3.63) is 65.7 Å². The summed E-state index contributed by atoms with van der Waals surface area (Å²) in [6, 6.07) is 16.5. The number of anilines is 1. The van der Waals surface area contributed by atoms with Gasteiger partial charge in [0.25, 0.3) is 0 Å². The number of rotatable bonds is 7. The van der Waals surface area contributed by atoms with Crippen molar-refractivity contribution in [3.63, 3.8) is 0 Å². The topological polar surface area (TPSA) is 53.0 Å². The summed E-state index contributed by atoms with van der Waals surface area (Å²) in [5.41, 5.74) is 0.601. The van der Waals surface area contributed by atoms with Crippen LogP contribution in [-0.4, -0.2) is 62.2 Å². The Morgan fingerprint density at radius 3 is 2.25 bits per heavy atom. The number of benzene rings is 2. The number of morpholine rings is 1. The first-order chi connectivity index (χ1) is 13.5. The number of hydrogen-bond donors (Lipinski definition) is 1. The van der Waals surface area contributed by atoms with Crippen LogP contribution in [0, 0.1) is 0 Å². The minimum absolute atomic E-state index is 0.271. The average molecular weight is 383 g/mol. The van der Waals surface area contributed by atoms with E-state index in [1.54, 1.807) is 12.1 Å². The number of carbonyl (C=O) groups excluding carboxylic acids is 1. The van der Waals surface area contributed by atoms with Crippen LogP contribution in [0.3, 0.4) is 0 Å². The van der Waals surface area contributed by atoms with Gasteiger partial charge in [0.05, 0.1) is 13.2 Å². The van der Waals surface area contributed by atoms with Crippen molar-refractivity contribution < 1.29 is 14.6 Å². The first-order valence-electron chi connectivity index (χ1n) is 9.90. The molecule has 0 aliphatic carbocycles. The van der Waals surface area contributed by atoms with Crippen LogP contribution in [0.15, 0.2) is 54.6 Å². The van der Waals surface area contributed by atoms with E-state index in [-0.39, 0.29) is 11.8 Å². The Morgan fingerprint density at radius 1 is 1.11 bits per heavy atom. The van der Waals surface area contributed by atoms with Crippen molar-refractivity contribution >= 4 is 11.5 Å². The molecule has 0 bridgehead atoms. The molecule has 1 heterocycles. The number of aliphatic hydroxyl groups is 1. The summed E-state index contributed by atoms with van der Waals surface area (Å²) >= 11 is 0. The molecule has 0 amide bonds. The van der Waals surface area contributed by atoms with E-state index in [4.69, 9.17) is 4.74 Å². The summed E-state index contributed by atoms with van der Waals surface area (Å²) in [7, 11) is 3.80. The Balaban J connectivity index is 2.00. The normalized spacial score (nSPS) is 18.0. The summed E-state index contributed by atoms with van der Waals surface area (Å²) in [5.74, 6) is -0.271. The fourth-order valence-corrected chi connectivity index (χ4v) is 4.07. The van der Waals surface area contributed by atoms with Crippen molar-refractivity contribution in [2.75, 3.05) is 45.3 Å². The van der Waals surface area contributed by atoms with Crippen molar-refractivity contribution in [1.82, 2.24) is 4.90 Å². The highest BCUT2D eigenvalue weighted by molar-refractivity contribution is 6.03. The van der Waals surface area contributed by atoms with E-state index in [9.17, 15) is 9.90 Å². The number of carbonyl (C=O) groups is 1. The summed E-state index contributed by atoms with van der Waals surface area (Å²) < 4.78 is 5.42. The van der Waals surface area contributed by atoms with Crippen molar-refractivity contribution in [2.45, 2.75) is 25.0 Å². The molecule has 0 radical (unpaired) electrons. The molecule has 3 rings (SSSR count). The maximum absolute atomic E-state index is 13.5. The van der Waals surface area contributed by atoms with Gasteiger partial charge in [-0.3, -0.25) is 4.79 Å². The van der Waals surface area contributed by atoms with Gasteiger partial charge in [0, 0.05) is 30.4 Å². The number of ether oxygens (including phenoxy) is 1.